The molecule has 12 nitrogen and oxygen atoms in total. The molecule has 0 radical (unpaired) electrons. The van der Waals surface area contributed by atoms with E-state index >= 15 is 0 Å². The Labute approximate surface area is 314 Å². The molecule has 0 aromatic heterocycles. The Morgan fingerprint density at radius 3 is 1.37 bits per heavy atom. The van der Waals surface area contributed by atoms with Crippen LogP contribution >= 0.6 is 7.82 Å². The minimum atomic E-state index is -4.99. The first-order chi connectivity index (χ1) is 25.0. The highest BCUT2D eigenvalue weighted by Crippen LogP contribution is 2.47. The topological polar surface area (TPSA) is 203 Å². The zero-order chi connectivity index (χ0) is 38.5. The molecule has 1 aliphatic carbocycles. The van der Waals surface area contributed by atoms with Crippen molar-refractivity contribution in [3.8, 4) is 0 Å². The van der Waals surface area contributed by atoms with Crippen LogP contribution in [0.25, 0.3) is 0 Å². The number of carbonyl (C=O) groups excluding carboxylic acids is 1. The zero-order valence-electron chi connectivity index (χ0n) is 32.1. The molecular weight excluding hydrogens is 691 g/mol. The van der Waals surface area contributed by atoms with Crippen molar-refractivity contribution in [3.05, 3.63) is 12.2 Å². The van der Waals surface area contributed by atoms with Crippen LogP contribution in [0.4, 0.5) is 0 Å². The molecule has 6 unspecified atom stereocenters. The maximum absolute atomic E-state index is 12.2. The Morgan fingerprint density at radius 1 is 0.577 bits per heavy atom. The number of aliphatic hydroxyl groups is 6. The van der Waals surface area contributed by atoms with E-state index in [4.69, 9.17) is 4.74 Å². The molecule has 0 aromatic carbocycles. The normalized spacial score (nSPS) is 23.9. The monoisotopic (exact) mass is 766 g/mol. The minimum Gasteiger partial charge on any atom is -0.463 e. The molecule has 0 aromatic rings. The van der Waals surface area contributed by atoms with Crippen LogP contribution in [-0.4, -0.2) is 97.4 Å². The van der Waals surface area contributed by atoms with Gasteiger partial charge in [0.1, 0.15) is 49.3 Å². The number of rotatable bonds is 34. The molecule has 13 heteroatoms. The molecule has 1 fully saturated rings. The zero-order valence-corrected chi connectivity index (χ0v) is 33.0. The molecule has 308 valence electrons. The van der Waals surface area contributed by atoms with Crippen LogP contribution in [0.15, 0.2) is 12.2 Å². The lowest BCUT2D eigenvalue weighted by molar-refractivity contribution is -0.220. The van der Waals surface area contributed by atoms with Gasteiger partial charge in [-0.3, -0.25) is 13.8 Å². The van der Waals surface area contributed by atoms with Crippen molar-refractivity contribution in [1.29, 1.82) is 0 Å². The Hall–Kier alpha value is -0.920. The summed E-state index contributed by atoms with van der Waals surface area (Å²) >= 11 is 0. The Kier molecular flexibility index (Phi) is 29.6. The van der Waals surface area contributed by atoms with Crippen LogP contribution in [0, 0.1) is 0 Å². The van der Waals surface area contributed by atoms with Crippen molar-refractivity contribution >= 4 is 13.8 Å². The third-order valence-electron chi connectivity index (χ3n) is 9.84. The maximum Gasteiger partial charge on any atom is 0.472 e. The van der Waals surface area contributed by atoms with Gasteiger partial charge in [-0.25, -0.2) is 4.57 Å². The predicted molar refractivity (Wildman–Crippen MR) is 203 cm³/mol. The van der Waals surface area contributed by atoms with Crippen molar-refractivity contribution in [2.24, 2.45) is 0 Å². The summed E-state index contributed by atoms with van der Waals surface area (Å²) in [5.74, 6) is -0.505. The molecule has 0 heterocycles. The molecule has 0 spiro atoms. The average molecular weight is 767 g/mol. The lowest BCUT2D eigenvalue weighted by Gasteiger charge is -2.41. The second-order valence-corrected chi connectivity index (χ2v) is 16.1. The van der Waals surface area contributed by atoms with Crippen molar-refractivity contribution < 1.29 is 58.7 Å². The summed E-state index contributed by atoms with van der Waals surface area (Å²) in [6.45, 7) is 1.02. The smallest absolute Gasteiger partial charge is 0.463 e. The number of carbonyl (C=O) groups is 1. The second kappa shape index (κ2) is 31.3. The number of hydrogen-bond donors (Lipinski definition) is 7. The van der Waals surface area contributed by atoms with E-state index in [2.05, 4.69) is 28.1 Å². The third-order valence-corrected chi connectivity index (χ3v) is 10.8. The molecular formula is C39H75O12P. The van der Waals surface area contributed by atoms with Crippen molar-refractivity contribution in [2.45, 2.75) is 217 Å². The van der Waals surface area contributed by atoms with E-state index in [0.29, 0.717) is 6.42 Å². The standard InChI is InChI=1S/C39H75O12P/c1-2-3-4-5-6-7-8-9-10-11-12-13-14-15-16-17-18-19-20-21-22-23-24-25-26-27-28-29-33(41)49-30-32(40)31-50-52(47,48)51-39-37(45)35(43)34(42)36(44)38(39)46/h9-10,32,34-40,42-46H,2-8,11-31H2,1H3,(H,47,48)/b10-9-/t32-,34?,35+,36?,37?,38?,39?/m0/s1. The van der Waals surface area contributed by atoms with Crippen LogP contribution < -0.4 is 0 Å². The van der Waals surface area contributed by atoms with Gasteiger partial charge in [-0.1, -0.05) is 147 Å². The molecule has 1 aliphatic rings. The van der Waals surface area contributed by atoms with Crippen LogP contribution in [-0.2, 0) is 23.1 Å². The number of unbranched alkanes of at least 4 members (excludes halogenated alkanes) is 23. The van der Waals surface area contributed by atoms with Crippen LogP contribution in [0.2, 0.25) is 0 Å². The number of aliphatic hydroxyl groups excluding tert-OH is 6. The first kappa shape index (κ1) is 49.1. The summed E-state index contributed by atoms with van der Waals surface area (Å²) in [5, 5.41) is 58.8. The van der Waals surface area contributed by atoms with Crippen molar-refractivity contribution in [1.82, 2.24) is 0 Å². The van der Waals surface area contributed by atoms with E-state index in [1.165, 1.54) is 135 Å². The second-order valence-electron chi connectivity index (χ2n) is 14.7. The third kappa shape index (κ3) is 24.5. The predicted octanol–water partition coefficient (Wildman–Crippen LogP) is 6.93. The molecule has 1 rings (SSSR count). The Morgan fingerprint density at radius 2 is 0.942 bits per heavy atom. The highest BCUT2D eigenvalue weighted by molar-refractivity contribution is 7.47. The highest BCUT2D eigenvalue weighted by atomic mass is 31.2. The summed E-state index contributed by atoms with van der Waals surface area (Å²) < 4.78 is 26.5. The largest absolute Gasteiger partial charge is 0.472 e. The summed E-state index contributed by atoms with van der Waals surface area (Å²) in [5.41, 5.74) is 0. The number of hydrogen-bond acceptors (Lipinski definition) is 11. The summed E-state index contributed by atoms with van der Waals surface area (Å²) in [7, 11) is -4.99. The fraction of sp³-hybridized carbons (Fsp3) is 0.923. The van der Waals surface area contributed by atoms with E-state index in [0.717, 1.165) is 19.3 Å². The van der Waals surface area contributed by atoms with Gasteiger partial charge in [0.2, 0.25) is 0 Å². The van der Waals surface area contributed by atoms with Crippen LogP contribution in [0.1, 0.15) is 174 Å². The van der Waals surface area contributed by atoms with Gasteiger partial charge in [0, 0.05) is 6.42 Å². The molecule has 0 amide bonds. The number of esters is 1. The summed E-state index contributed by atoms with van der Waals surface area (Å²) in [4.78, 5) is 21.9. The number of ether oxygens (including phenoxy) is 1. The lowest BCUT2D eigenvalue weighted by Crippen LogP contribution is -2.64. The van der Waals surface area contributed by atoms with E-state index < -0.39 is 69.7 Å². The first-order valence-electron chi connectivity index (χ1n) is 20.5. The average Bonchev–Trinajstić information content (AvgIpc) is 3.13. The molecule has 0 saturated heterocycles. The fourth-order valence-electron chi connectivity index (χ4n) is 6.46. The van der Waals surface area contributed by atoms with E-state index in [9.17, 15) is 44.9 Å². The van der Waals surface area contributed by atoms with Crippen molar-refractivity contribution in [2.75, 3.05) is 13.2 Å². The first-order valence-corrected chi connectivity index (χ1v) is 22.0. The van der Waals surface area contributed by atoms with Gasteiger partial charge in [0.15, 0.2) is 0 Å². The molecule has 0 aliphatic heterocycles. The van der Waals surface area contributed by atoms with E-state index in [1.807, 2.05) is 0 Å². The van der Waals surface area contributed by atoms with Gasteiger partial charge < -0.3 is 40.3 Å². The van der Waals surface area contributed by atoms with Gasteiger partial charge in [-0.15, -0.1) is 0 Å². The SMILES string of the molecule is CCCCCCCC/C=C\CCCCCCCCCCCCCCCCCCCC(=O)OC[C@H](O)COP(=O)(O)OC1C(O)C(O)C(O)[C@@H](O)C1O. The number of allylic oxidation sites excluding steroid dienone is 2. The van der Waals surface area contributed by atoms with E-state index in [-0.39, 0.29) is 6.42 Å². The van der Waals surface area contributed by atoms with Crippen LogP contribution in [0.3, 0.4) is 0 Å². The van der Waals surface area contributed by atoms with Gasteiger partial charge in [0.25, 0.3) is 0 Å². The molecule has 7 N–H and O–H groups in total. The fourth-order valence-corrected chi connectivity index (χ4v) is 7.44. The van der Waals surface area contributed by atoms with Gasteiger partial charge in [-0.05, 0) is 32.1 Å². The highest BCUT2D eigenvalue weighted by Gasteiger charge is 2.51. The molecule has 1 saturated carbocycles. The van der Waals surface area contributed by atoms with Crippen molar-refractivity contribution in [3.63, 3.8) is 0 Å². The molecule has 0 bridgehead atoms. The summed E-state index contributed by atoms with van der Waals surface area (Å²) in [6, 6.07) is 0. The number of phosphoric ester groups is 1. The Balaban J connectivity index is 1.87. The molecule has 8 atom stereocenters. The van der Waals surface area contributed by atoms with Gasteiger partial charge in [-0.2, -0.15) is 0 Å². The Bertz CT molecular complexity index is 921. The molecule has 52 heavy (non-hydrogen) atoms. The quantitative estimate of drug-likeness (QED) is 0.0154. The van der Waals surface area contributed by atoms with Crippen LogP contribution in [0.5, 0.6) is 0 Å². The van der Waals surface area contributed by atoms with Gasteiger partial charge >= 0.3 is 13.8 Å². The van der Waals surface area contributed by atoms with Gasteiger partial charge in [0.05, 0.1) is 6.61 Å². The number of phosphoric acid groups is 1. The van der Waals surface area contributed by atoms with E-state index in [1.54, 1.807) is 0 Å². The lowest BCUT2D eigenvalue weighted by atomic mass is 9.85. The minimum absolute atomic E-state index is 0.195. The maximum atomic E-state index is 12.2. The summed E-state index contributed by atoms with van der Waals surface area (Å²) in [6.07, 6.45) is 23.6.